The van der Waals surface area contributed by atoms with Crippen LogP contribution >= 0.6 is 0 Å². The summed E-state index contributed by atoms with van der Waals surface area (Å²) in [6.07, 6.45) is 3.24. The van der Waals surface area contributed by atoms with Crippen LogP contribution in [0.2, 0.25) is 10.6 Å². The summed E-state index contributed by atoms with van der Waals surface area (Å²) in [6, 6.07) is 6.81. The van der Waals surface area contributed by atoms with Crippen molar-refractivity contribution in [3.05, 3.63) is 48.3 Å². The van der Waals surface area contributed by atoms with Gasteiger partial charge in [0.25, 0.3) is 0 Å². The molecule has 162 valence electrons. The minimum atomic E-state index is -0.420. The number of carbonyl (C=O) groups excluding carboxylic acids is 2. The van der Waals surface area contributed by atoms with Crippen LogP contribution in [0.5, 0.6) is 0 Å². The summed E-state index contributed by atoms with van der Waals surface area (Å²) in [4.78, 5) is 24.0. The zero-order valence-electron chi connectivity index (χ0n) is 15.9. The van der Waals surface area contributed by atoms with Crippen molar-refractivity contribution in [3.63, 3.8) is 0 Å². The second kappa shape index (κ2) is 13.7. The van der Waals surface area contributed by atoms with Crippen molar-refractivity contribution in [2.75, 3.05) is 13.1 Å². The molecule has 0 fully saturated rings. The van der Waals surface area contributed by atoms with Gasteiger partial charge in [-0.1, -0.05) is 0 Å². The number of amides is 2. The Kier molecular flexibility index (Phi) is 10.8. The average Bonchev–Trinajstić information content (AvgIpc) is 3.45. The summed E-state index contributed by atoms with van der Waals surface area (Å²) < 4.78 is 10.3. The molecular formula is C18H22N4O6Se2. The van der Waals surface area contributed by atoms with Crippen LogP contribution in [0, 0.1) is 0 Å². The summed E-state index contributed by atoms with van der Waals surface area (Å²) in [7, 11) is 0. The van der Waals surface area contributed by atoms with Crippen LogP contribution in [0.1, 0.15) is 11.5 Å². The van der Waals surface area contributed by atoms with E-state index in [4.69, 9.17) is 19.2 Å². The first-order chi connectivity index (χ1) is 14.6. The second-order valence-electron chi connectivity index (χ2n) is 5.76. The Morgan fingerprint density at radius 2 is 1.27 bits per heavy atom. The molecule has 0 atom stereocenters. The van der Waals surface area contributed by atoms with Crippen LogP contribution < -0.4 is 10.6 Å². The Morgan fingerprint density at radius 3 is 1.60 bits per heavy atom. The van der Waals surface area contributed by atoms with Crippen LogP contribution in [0.4, 0.5) is 0 Å². The maximum absolute atomic E-state index is 12.0. The number of carbonyl (C=O) groups is 2. The summed E-state index contributed by atoms with van der Waals surface area (Å²) in [5.74, 6) is 0.255. The fraction of sp³-hybridized carbons (Fsp3) is 0.333. The van der Waals surface area contributed by atoms with Gasteiger partial charge in [-0.05, 0) is 0 Å². The summed E-state index contributed by atoms with van der Waals surface area (Å²) in [5, 5.41) is 31.2. The average molecular weight is 548 g/mol. The number of furan rings is 2. The zero-order valence-corrected chi connectivity index (χ0v) is 19.4. The molecule has 2 heterocycles. The van der Waals surface area contributed by atoms with Gasteiger partial charge in [-0.3, -0.25) is 0 Å². The number of hydrogen-bond acceptors (Lipinski definition) is 8. The van der Waals surface area contributed by atoms with Gasteiger partial charge in [-0.2, -0.15) is 0 Å². The first-order valence-corrected chi connectivity index (χ1v) is 15.7. The van der Waals surface area contributed by atoms with E-state index in [2.05, 4.69) is 20.9 Å². The molecule has 12 heteroatoms. The summed E-state index contributed by atoms with van der Waals surface area (Å²) >= 11 is 0.704. The van der Waals surface area contributed by atoms with Crippen LogP contribution in [0.15, 0.2) is 55.9 Å². The molecule has 0 saturated heterocycles. The molecule has 0 bridgehead atoms. The van der Waals surface area contributed by atoms with E-state index in [1.807, 2.05) is 0 Å². The Morgan fingerprint density at radius 1 is 0.833 bits per heavy atom. The van der Waals surface area contributed by atoms with Gasteiger partial charge in [0.2, 0.25) is 0 Å². The van der Waals surface area contributed by atoms with Crippen molar-refractivity contribution in [1.82, 2.24) is 10.6 Å². The Hall–Kier alpha value is -2.52. The molecule has 0 aromatic carbocycles. The third-order valence-electron chi connectivity index (χ3n) is 3.63. The standard InChI is InChI=1S/C18H22N4O6Se2/c23-17(15(21-25)11-13-3-1-7-27-13)19-5-9-29-30-10-6-20-18(24)16(22-26)12-14-4-2-8-28-14/h1-4,7-8,25-26H,5-6,9-12H2,(H,19,23)(H,20,24)/b21-15+,22-16+. The normalized spacial score (nSPS) is 12.0. The molecule has 0 aliphatic heterocycles. The molecule has 2 amide bonds. The van der Waals surface area contributed by atoms with Crippen LogP contribution in [0.25, 0.3) is 0 Å². The number of oxime groups is 2. The van der Waals surface area contributed by atoms with Gasteiger partial charge >= 0.3 is 184 Å². The molecule has 0 aliphatic carbocycles. The summed E-state index contributed by atoms with van der Waals surface area (Å²) in [5.41, 5.74) is 0.00291. The van der Waals surface area contributed by atoms with E-state index in [0.717, 1.165) is 10.6 Å². The fourth-order valence-electron chi connectivity index (χ4n) is 2.21. The van der Waals surface area contributed by atoms with E-state index in [9.17, 15) is 9.59 Å². The minimum absolute atomic E-state index is 0.00146. The predicted octanol–water partition coefficient (Wildman–Crippen LogP) is 0.711. The van der Waals surface area contributed by atoms with Crippen molar-refractivity contribution in [2.24, 2.45) is 10.3 Å². The van der Waals surface area contributed by atoms with Crippen LogP contribution in [0.3, 0.4) is 0 Å². The zero-order chi connectivity index (χ0) is 21.6. The molecule has 10 nitrogen and oxygen atoms in total. The van der Waals surface area contributed by atoms with Gasteiger partial charge in [0.1, 0.15) is 0 Å². The van der Waals surface area contributed by atoms with Crippen molar-refractivity contribution in [3.8, 4) is 0 Å². The van der Waals surface area contributed by atoms with Gasteiger partial charge in [0.05, 0.1) is 0 Å². The Labute approximate surface area is 184 Å². The molecule has 2 aromatic heterocycles. The molecule has 4 N–H and O–H groups in total. The topological polar surface area (TPSA) is 150 Å². The van der Waals surface area contributed by atoms with Gasteiger partial charge in [-0.25, -0.2) is 0 Å². The predicted molar refractivity (Wildman–Crippen MR) is 110 cm³/mol. The van der Waals surface area contributed by atoms with Gasteiger partial charge in [0.15, 0.2) is 0 Å². The SMILES string of the molecule is O=C(NCC[Se][Se]CCNC(=O)/C(Cc1ccco1)=N/O)/C(Cc1ccco1)=N/O. The van der Waals surface area contributed by atoms with Crippen LogP contribution in [-0.4, -0.2) is 73.0 Å². The molecule has 0 saturated carbocycles. The Balaban J connectivity index is 1.53. The molecule has 0 aliphatic rings. The number of rotatable bonds is 13. The molecule has 0 radical (unpaired) electrons. The number of nitrogens with zero attached hydrogens (tertiary/aromatic N) is 2. The quantitative estimate of drug-likeness (QED) is 0.0953. The van der Waals surface area contributed by atoms with E-state index in [1.165, 1.54) is 12.5 Å². The van der Waals surface area contributed by atoms with E-state index in [1.54, 1.807) is 24.3 Å². The number of nitrogens with one attached hydrogen (secondary N) is 2. The van der Waals surface area contributed by atoms with E-state index in [-0.39, 0.29) is 24.3 Å². The van der Waals surface area contributed by atoms with Crippen molar-refractivity contribution >= 4 is 49.5 Å². The molecule has 2 aromatic rings. The maximum atomic E-state index is 12.0. The third kappa shape index (κ3) is 8.46. The molecule has 0 unspecified atom stereocenters. The van der Waals surface area contributed by atoms with E-state index < -0.39 is 11.8 Å². The van der Waals surface area contributed by atoms with Crippen molar-refractivity contribution < 1.29 is 28.8 Å². The van der Waals surface area contributed by atoms with Crippen molar-refractivity contribution in [1.29, 1.82) is 0 Å². The molecule has 30 heavy (non-hydrogen) atoms. The van der Waals surface area contributed by atoms with Crippen LogP contribution in [-0.2, 0) is 22.4 Å². The van der Waals surface area contributed by atoms with E-state index in [0.29, 0.717) is 50.9 Å². The van der Waals surface area contributed by atoms with Crippen molar-refractivity contribution in [2.45, 2.75) is 23.5 Å². The van der Waals surface area contributed by atoms with Gasteiger partial charge in [0, 0.05) is 0 Å². The Bertz CT molecular complexity index is 767. The first-order valence-electron chi connectivity index (χ1n) is 8.91. The van der Waals surface area contributed by atoms with E-state index >= 15 is 0 Å². The third-order valence-corrected chi connectivity index (χ3v) is 11.0. The van der Waals surface area contributed by atoms with Gasteiger partial charge < -0.3 is 0 Å². The first kappa shape index (κ1) is 23.8. The second-order valence-corrected chi connectivity index (χ2v) is 13.6. The molecule has 0 spiro atoms. The molecular weight excluding hydrogens is 526 g/mol. The number of hydrogen-bond donors (Lipinski definition) is 4. The fourth-order valence-corrected chi connectivity index (χ4v) is 7.87. The molecule has 2 rings (SSSR count). The summed E-state index contributed by atoms with van der Waals surface area (Å²) in [6.45, 7) is 0.989. The van der Waals surface area contributed by atoms with Gasteiger partial charge in [-0.15, -0.1) is 0 Å². The monoisotopic (exact) mass is 550 g/mol.